The van der Waals surface area contributed by atoms with Gasteiger partial charge in [-0.15, -0.1) is 11.3 Å². The molecule has 0 saturated heterocycles. The second-order valence-electron chi connectivity index (χ2n) is 6.25. The first-order chi connectivity index (χ1) is 13.8. The molecule has 3 rings (SSSR count). The molecule has 0 fully saturated rings. The summed E-state index contributed by atoms with van der Waals surface area (Å²) in [4.78, 5) is 34.9. The summed E-state index contributed by atoms with van der Waals surface area (Å²) < 4.78 is 23.7. The molecule has 152 valence electrons. The van der Waals surface area contributed by atoms with Gasteiger partial charge in [-0.3, -0.25) is 9.69 Å². The van der Waals surface area contributed by atoms with Crippen LogP contribution in [0, 0.1) is 12.7 Å². The van der Waals surface area contributed by atoms with Crippen LogP contribution in [0.5, 0.6) is 0 Å². The molecular weight excluding hydrogens is 397 g/mol. The normalized spacial score (nSPS) is 16.5. The van der Waals surface area contributed by atoms with E-state index < -0.39 is 18.0 Å². The van der Waals surface area contributed by atoms with Gasteiger partial charge in [0.2, 0.25) is 5.91 Å². The Hall–Kier alpha value is -3.07. The molecule has 1 amide bonds. The fourth-order valence-corrected chi connectivity index (χ4v) is 3.57. The Morgan fingerprint density at radius 2 is 1.93 bits per heavy atom. The number of rotatable bonds is 4. The zero-order valence-corrected chi connectivity index (χ0v) is 17.2. The number of halogens is 1. The van der Waals surface area contributed by atoms with Crippen molar-refractivity contribution in [2.45, 2.75) is 33.7 Å². The SMILES string of the molecule is CCOC(=O)OC1=C(C)N(C(C)=O)C(c2csc(C)n2)=NC1c1ccc(F)cc1. The highest BCUT2D eigenvalue weighted by Gasteiger charge is 2.35. The van der Waals surface area contributed by atoms with Crippen LogP contribution >= 0.6 is 11.3 Å². The average Bonchev–Trinajstić information content (AvgIpc) is 3.10. The third kappa shape index (κ3) is 4.34. The van der Waals surface area contributed by atoms with Crippen LogP contribution in [0.3, 0.4) is 0 Å². The van der Waals surface area contributed by atoms with Crippen molar-refractivity contribution in [1.82, 2.24) is 9.88 Å². The van der Waals surface area contributed by atoms with Crippen molar-refractivity contribution in [1.29, 1.82) is 0 Å². The van der Waals surface area contributed by atoms with E-state index in [2.05, 4.69) is 9.98 Å². The van der Waals surface area contributed by atoms with Gasteiger partial charge < -0.3 is 9.47 Å². The molecule has 0 spiro atoms. The highest BCUT2D eigenvalue weighted by atomic mass is 32.1. The molecule has 2 aromatic rings. The van der Waals surface area contributed by atoms with Crippen molar-refractivity contribution in [2.75, 3.05) is 6.61 Å². The van der Waals surface area contributed by atoms with Crippen LogP contribution in [0.15, 0.2) is 46.1 Å². The average molecular weight is 417 g/mol. The molecule has 0 radical (unpaired) electrons. The fourth-order valence-electron chi connectivity index (χ4n) is 2.98. The molecule has 1 aromatic heterocycles. The number of aromatic nitrogens is 1. The van der Waals surface area contributed by atoms with Crippen LogP contribution in [0.4, 0.5) is 9.18 Å². The molecular formula is C20H20FN3O4S. The molecule has 1 aliphatic heterocycles. The van der Waals surface area contributed by atoms with Gasteiger partial charge in [0, 0.05) is 12.3 Å². The molecule has 0 aliphatic carbocycles. The Bertz CT molecular complexity index is 997. The van der Waals surface area contributed by atoms with Crippen molar-refractivity contribution in [3.05, 3.63) is 63.2 Å². The fraction of sp³-hybridized carbons (Fsp3) is 0.300. The quantitative estimate of drug-likeness (QED) is 0.691. The van der Waals surface area contributed by atoms with Crippen molar-refractivity contribution < 1.29 is 23.5 Å². The molecule has 0 saturated carbocycles. The van der Waals surface area contributed by atoms with E-state index in [1.54, 1.807) is 31.4 Å². The smallest absolute Gasteiger partial charge is 0.434 e. The summed E-state index contributed by atoms with van der Waals surface area (Å²) in [5.74, 6) is -0.233. The number of nitrogens with zero attached hydrogens (tertiary/aromatic N) is 3. The summed E-state index contributed by atoms with van der Waals surface area (Å²) >= 11 is 1.43. The minimum Gasteiger partial charge on any atom is -0.434 e. The van der Waals surface area contributed by atoms with Crippen LogP contribution in [0.25, 0.3) is 0 Å². The lowest BCUT2D eigenvalue weighted by molar-refractivity contribution is -0.124. The summed E-state index contributed by atoms with van der Waals surface area (Å²) in [6.07, 6.45) is -0.902. The summed E-state index contributed by atoms with van der Waals surface area (Å²) in [5, 5.41) is 2.62. The molecule has 0 bridgehead atoms. The van der Waals surface area contributed by atoms with Gasteiger partial charge in [0.1, 0.15) is 17.6 Å². The number of carbonyl (C=O) groups excluding carboxylic acids is 2. The van der Waals surface area contributed by atoms with Gasteiger partial charge in [-0.2, -0.15) is 0 Å². The maximum Gasteiger partial charge on any atom is 0.513 e. The van der Waals surface area contributed by atoms with Crippen LogP contribution in [-0.2, 0) is 14.3 Å². The van der Waals surface area contributed by atoms with Gasteiger partial charge >= 0.3 is 6.16 Å². The van der Waals surface area contributed by atoms with E-state index in [1.165, 1.54) is 35.3 Å². The Kier molecular flexibility index (Phi) is 6.07. The number of allylic oxidation sites excluding steroid dienone is 1. The Morgan fingerprint density at radius 1 is 1.24 bits per heavy atom. The zero-order valence-electron chi connectivity index (χ0n) is 16.4. The number of amides is 1. The third-order valence-corrected chi connectivity index (χ3v) is 4.98. The van der Waals surface area contributed by atoms with Crippen LogP contribution in [0.2, 0.25) is 0 Å². The number of thiazole rings is 1. The second-order valence-corrected chi connectivity index (χ2v) is 7.31. The minimum atomic E-state index is -0.902. The van der Waals surface area contributed by atoms with Crippen molar-refractivity contribution in [3.63, 3.8) is 0 Å². The van der Waals surface area contributed by atoms with Crippen LogP contribution in [0.1, 0.15) is 43.1 Å². The van der Waals surface area contributed by atoms with Gasteiger partial charge in [-0.25, -0.2) is 19.2 Å². The Labute approximate surface area is 171 Å². The van der Waals surface area contributed by atoms with Gasteiger partial charge in [-0.05, 0) is 38.5 Å². The molecule has 2 heterocycles. The molecule has 1 aromatic carbocycles. The summed E-state index contributed by atoms with van der Waals surface area (Å²) in [6.45, 7) is 6.68. The van der Waals surface area contributed by atoms with Gasteiger partial charge in [-0.1, -0.05) is 12.1 Å². The number of carbonyl (C=O) groups is 2. The molecule has 9 heteroatoms. The molecule has 7 nitrogen and oxygen atoms in total. The van der Waals surface area contributed by atoms with Gasteiger partial charge in [0.15, 0.2) is 11.6 Å². The monoisotopic (exact) mass is 417 g/mol. The van der Waals surface area contributed by atoms with E-state index in [9.17, 15) is 14.0 Å². The van der Waals surface area contributed by atoms with Gasteiger partial charge in [0.25, 0.3) is 0 Å². The highest BCUT2D eigenvalue weighted by Crippen LogP contribution is 2.36. The standard InChI is InChI=1S/C20H20FN3O4S/c1-5-27-20(26)28-18-11(2)24(13(4)25)19(16-10-29-12(3)22-16)23-17(18)14-6-8-15(21)9-7-14/h6-10,17H,5H2,1-4H3. The van der Waals surface area contributed by atoms with Gasteiger partial charge in [0.05, 0.1) is 17.3 Å². The number of benzene rings is 1. The lowest BCUT2D eigenvalue weighted by Gasteiger charge is -2.32. The first-order valence-corrected chi connectivity index (χ1v) is 9.81. The number of aliphatic imine (C=N–C) groups is 1. The largest absolute Gasteiger partial charge is 0.513 e. The predicted molar refractivity (Wildman–Crippen MR) is 106 cm³/mol. The topological polar surface area (TPSA) is 81.1 Å². The number of hydrogen-bond acceptors (Lipinski definition) is 7. The van der Waals surface area contributed by atoms with E-state index in [-0.39, 0.29) is 18.3 Å². The van der Waals surface area contributed by atoms with Crippen molar-refractivity contribution in [3.8, 4) is 0 Å². The first kappa shape index (κ1) is 20.7. The number of hydrogen-bond donors (Lipinski definition) is 0. The van der Waals surface area contributed by atoms with E-state index >= 15 is 0 Å². The van der Waals surface area contributed by atoms with Crippen molar-refractivity contribution >= 4 is 29.2 Å². The van der Waals surface area contributed by atoms with E-state index in [0.717, 1.165) is 5.01 Å². The molecule has 1 aliphatic rings. The maximum atomic E-state index is 13.4. The third-order valence-electron chi connectivity index (χ3n) is 4.21. The van der Waals surface area contributed by atoms with Crippen LogP contribution < -0.4 is 0 Å². The predicted octanol–water partition coefficient (Wildman–Crippen LogP) is 4.35. The molecule has 1 unspecified atom stereocenters. The zero-order chi connectivity index (χ0) is 21.1. The first-order valence-electron chi connectivity index (χ1n) is 8.93. The number of aryl methyl sites for hydroxylation is 1. The number of ether oxygens (including phenoxy) is 2. The molecule has 1 atom stereocenters. The summed E-state index contributed by atoms with van der Waals surface area (Å²) in [5.41, 5.74) is 1.51. The number of amidine groups is 1. The lowest BCUT2D eigenvalue weighted by atomic mass is 10.0. The maximum absolute atomic E-state index is 13.4. The molecule has 0 N–H and O–H groups in total. The minimum absolute atomic E-state index is 0.134. The van der Waals surface area contributed by atoms with E-state index in [0.29, 0.717) is 22.8 Å². The van der Waals surface area contributed by atoms with Crippen molar-refractivity contribution in [2.24, 2.45) is 4.99 Å². The Balaban J connectivity index is 2.15. The van der Waals surface area contributed by atoms with E-state index in [1.807, 2.05) is 6.92 Å². The Morgan fingerprint density at radius 3 is 2.48 bits per heavy atom. The lowest BCUT2D eigenvalue weighted by Crippen LogP contribution is -2.39. The highest BCUT2D eigenvalue weighted by molar-refractivity contribution is 7.09. The summed E-state index contributed by atoms with van der Waals surface area (Å²) in [7, 11) is 0. The van der Waals surface area contributed by atoms with E-state index in [4.69, 9.17) is 9.47 Å². The van der Waals surface area contributed by atoms with Crippen LogP contribution in [-0.4, -0.2) is 34.4 Å². The second kappa shape index (κ2) is 8.52. The molecule has 29 heavy (non-hydrogen) atoms. The summed E-state index contributed by atoms with van der Waals surface area (Å²) in [6, 6.07) is 4.93.